The van der Waals surface area contributed by atoms with Gasteiger partial charge in [0, 0.05) is 12.1 Å². The number of hydrogen-bond acceptors (Lipinski definition) is 6. The molecule has 0 aliphatic rings. The van der Waals surface area contributed by atoms with Gasteiger partial charge >= 0.3 is 6.61 Å². The van der Waals surface area contributed by atoms with E-state index in [9.17, 15) is 13.6 Å². The fraction of sp³-hybridized carbons (Fsp3) is 0.0833. The second-order valence-corrected chi connectivity index (χ2v) is 7.38. The normalized spacial score (nSPS) is 11.1. The Morgan fingerprint density at radius 3 is 2.39 bits per heavy atom. The van der Waals surface area contributed by atoms with Crippen molar-refractivity contribution in [2.45, 2.75) is 6.61 Å². The van der Waals surface area contributed by atoms with Crippen LogP contribution in [0.25, 0.3) is 28.5 Å². The number of methoxy groups -OCH3 is 1. The predicted octanol–water partition coefficient (Wildman–Crippen LogP) is 4.02. The molecule has 0 fully saturated rings. The predicted molar refractivity (Wildman–Crippen MR) is 123 cm³/mol. The maximum atomic E-state index is 15.2. The Kier molecular flexibility index (Phi) is 5.98. The Morgan fingerprint density at radius 1 is 0.917 bits per heavy atom. The monoisotopic (exact) mass is 494 g/mol. The van der Waals surface area contributed by atoms with Crippen LogP contribution in [-0.2, 0) is 0 Å². The molecule has 0 aliphatic carbocycles. The topological polar surface area (TPSA) is 89.0 Å². The lowest BCUT2D eigenvalue weighted by Crippen LogP contribution is -2.18. The maximum absolute atomic E-state index is 15.2. The lowest BCUT2D eigenvalue weighted by molar-refractivity contribution is -0.0544. The molecule has 0 spiro atoms. The van der Waals surface area contributed by atoms with Crippen LogP contribution in [0.15, 0.2) is 84.0 Å². The molecular weight excluding hydrogens is 477 g/mol. The van der Waals surface area contributed by atoms with E-state index in [1.165, 1.54) is 48.6 Å². The third-order valence-electron chi connectivity index (χ3n) is 5.23. The highest BCUT2D eigenvalue weighted by molar-refractivity contribution is 5.59. The smallest absolute Gasteiger partial charge is 0.388 e. The molecule has 5 rings (SSSR count). The van der Waals surface area contributed by atoms with E-state index >= 15 is 4.39 Å². The first-order chi connectivity index (χ1) is 17.5. The Hall–Kier alpha value is -4.87. The zero-order chi connectivity index (χ0) is 25.2. The summed E-state index contributed by atoms with van der Waals surface area (Å²) in [5.41, 5.74) is 0.679. The zero-order valence-corrected chi connectivity index (χ0v) is 18.6. The number of alkyl halides is 2. The van der Waals surface area contributed by atoms with Gasteiger partial charge in [-0.25, -0.2) is 18.4 Å². The van der Waals surface area contributed by atoms with Gasteiger partial charge in [0.05, 0.1) is 42.8 Å². The zero-order valence-electron chi connectivity index (χ0n) is 18.6. The molecule has 36 heavy (non-hydrogen) atoms. The van der Waals surface area contributed by atoms with Gasteiger partial charge in [-0.3, -0.25) is 4.79 Å². The summed E-state index contributed by atoms with van der Waals surface area (Å²) in [5, 5.41) is 12.6. The van der Waals surface area contributed by atoms with Gasteiger partial charge in [-0.2, -0.15) is 24.1 Å². The number of nitrogens with zero attached hydrogens (tertiary/aromatic N) is 6. The van der Waals surface area contributed by atoms with Crippen molar-refractivity contribution in [2.24, 2.45) is 0 Å². The molecule has 9 nitrogen and oxygen atoms in total. The molecule has 0 amide bonds. The summed E-state index contributed by atoms with van der Waals surface area (Å²) in [7, 11) is 1.32. The summed E-state index contributed by atoms with van der Waals surface area (Å²) in [6, 6.07) is 15.9. The molecule has 2 aromatic carbocycles. The Labute approximate surface area is 201 Å². The van der Waals surface area contributed by atoms with E-state index in [-0.39, 0.29) is 28.7 Å². The van der Waals surface area contributed by atoms with Crippen LogP contribution in [0, 0.1) is 5.82 Å². The van der Waals surface area contributed by atoms with Gasteiger partial charge in [-0.05, 0) is 30.3 Å². The SMILES string of the molecule is COc1cn(-c2ccc(-n3nccc3OC(F)F)cc2F)nc(-c2ccnn2-c2ccccc2)c1=O. The molecule has 0 aliphatic heterocycles. The van der Waals surface area contributed by atoms with Crippen molar-refractivity contribution in [3.8, 4) is 40.1 Å². The summed E-state index contributed by atoms with van der Waals surface area (Å²) < 4.78 is 54.0. The average molecular weight is 494 g/mol. The fourth-order valence-corrected chi connectivity index (χ4v) is 3.64. The van der Waals surface area contributed by atoms with Gasteiger partial charge in [0.25, 0.3) is 5.43 Å². The molecule has 182 valence electrons. The lowest BCUT2D eigenvalue weighted by Gasteiger charge is -2.14. The van der Waals surface area contributed by atoms with E-state index in [2.05, 4.69) is 20.0 Å². The van der Waals surface area contributed by atoms with Crippen molar-refractivity contribution in [3.63, 3.8) is 0 Å². The number of para-hydroxylation sites is 1. The molecule has 3 heterocycles. The molecule has 5 aromatic rings. The molecule has 0 saturated heterocycles. The van der Waals surface area contributed by atoms with Crippen molar-refractivity contribution < 1.29 is 22.6 Å². The van der Waals surface area contributed by atoms with Gasteiger partial charge in [-0.15, -0.1) is 0 Å². The quantitative estimate of drug-likeness (QED) is 0.340. The van der Waals surface area contributed by atoms with E-state index < -0.39 is 17.9 Å². The summed E-state index contributed by atoms with van der Waals surface area (Å²) in [4.78, 5) is 13.1. The van der Waals surface area contributed by atoms with Crippen LogP contribution in [0.1, 0.15) is 0 Å². The number of aromatic nitrogens is 6. The van der Waals surface area contributed by atoms with Crippen molar-refractivity contribution >= 4 is 0 Å². The highest BCUT2D eigenvalue weighted by atomic mass is 19.3. The maximum Gasteiger partial charge on any atom is 0.388 e. The van der Waals surface area contributed by atoms with E-state index in [0.29, 0.717) is 11.4 Å². The Bertz CT molecular complexity index is 1580. The van der Waals surface area contributed by atoms with Crippen molar-refractivity contribution in [1.82, 2.24) is 29.3 Å². The second kappa shape index (κ2) is 9.41. The van der Waals surface area contributed by atoms with Gasteiger partial charge < -0.3 is 9.47 Å². The Morgan fingerprint density at radius 2 is 1.67 bits per heavy atom. The molecule has 0 N–H and O–H groups in total. The summed E-state index contributed by atoms with van der Waals surface area (Å²) in [5.74, 6) is -1.08. The van der Waals surface area contributed by atoms with Crippen LogP contribution in [-0.4, -0.2) is 43.1 Å². The number of hydrogen-bond donors (Lipinski definition) is 0. The highest BCUT2D eigenvalue weighted by Crippen LogP contribution is 2.25. The first-order valence-corrected chi connectivity index (χ1v) is 10.5. The standard InChI is InChI=1S/C24H17F3N6O3/c1-35-20-14-31(18-8-7-16(13-17(18)25)33-21(10-12-29-33)36-24(26)27)30-22(23(20)34)19-9-11-28-32(19)15-5-3-2-4-6-15/h2-14,24H,1H3. The van der Waals surface area contributed by atoms with E-state index in [1.807, 2.05) is 30.3 Å². The molecule has 0 unspecified atom stereocenters. The van der Waals surface area contributed by atoms with Crippen LogP contribution < -0.4 is 14.9 Å². The molecule has 0 radical (unpaired) electrons. The number of rotatable bonds is 7. The van der Waals surface area contributed by atoms with Gasteiger partial charge in [0.1, 0.15) is 5.69 Å². The van der Waals surface area contributed by atoms with Gasteiger partial charge in [0.15, 0.2) is 17.3 Å². The van der Waals surface area contributed by atoms with Gasteiger partial charge in [-0.1, -0.05) is 18.2 Å². The highest BCUT2D eigenvalue weighted by Gasteiger charge is 2.19. The molecule has 0 atom stereocenters. The minimum absolute atomic E-state index is 0.0149. The third-order valence-corrected chi connectivity index (χ3v) is 5.23. The van der Waals surface area contributed by atoms with Gasteiger partial charge in [0.2, 0.25) is 5.88 Å². The summed E-state index contributed by atoms with van der Waals surface area (Å²) in [6.07, 6.45) is 4.03. The molecule has 3 aromatic heterocycles. The van der Waals surface area contributed by atoms with Crippen LogP contribution in [0.3, 0.4) is 0 Å². The van der Waals surface area contributed by atoms with E-state index in [4.69, 9.17) is 4.74 Å². The first-order valence-electron chi connectivity index (χ1n) is 10.5. The average Bonchev–Trinajstić information content (AvgIpc) is 3.54. The third kappa shape index (κ3) is 4.19. The lowest BCUT2D eigenvalue weighted by atomic mass is 10.2. The number of ether oxygens (including phenoxy) is 2. The second-order valence-electron chi connectivity index (χ2n) is 7.38. The minimum Gasteiger partial charge on any atom is -0.491 e. The summed E-state index contributed by atoms with van der Waals surface area (Å²) in [6.45, 7) is -3.06. The molecule has 0 bridgehead atoms. The number of benzene rings is 2. The fourth-order valence-electron chi connectivity index (χ4n) is 3.64. The molecule has 12 heteroatoms. The Balaban J connectivity index is 1.60. The van der Waals surface area contributed by atoms with Crippen LogP contribution in [0.4, 0.5) is 13.2 Å². The van der Waals surface area contributed by atoms with Crippen molar-refractivity contribution in [3.05, 3.63) is 95.3 Å². The molecular formula is C24H17F3N6O3. The van der Waals surface area contributed by atoms with Crippen molar-refractivity contribution in [2.75, 3.05) is 7.11 Å². The van der Waals surface area contributed by atoms with E-state index in [1.54, 1.807) is 6.07 Å². The van der Waals surface area contributed by atoms with Crippen LogP contribution in [0.5, 0.6) is 11.6 Å². The summed E-state index contributed by atoms with van der Waals surface area (Å²) >= 11 is 0. The van der Waals surface area contributed by atoms with Crippen LogP contribution in [0.2, 0.25) is 0 Å². The van der Waals surface area contributed by atoms with E-state index in [0.717, 1.165) is 15.4 Å². The largest absolute Gasteiger partial charge is 0.491 e. The molecule has 0 saturated carbocycles. The minimum atomic E-state index is -3.06. The number of halogens is 3. The first kappa shape index (κ1) is 22.9. The van der Waals surface area contributed by atoms with Crippen LogP contribution >= 0.6 is 0 Å². The van der Waals surface area contributed by atoms with Crippen molar-refractivity contribution in [1.29, 1.82) is 0 Å².